The summed E-state index contributed by atoms with van der Waals surface area (Å²) in [5, 5.41) is 11.6. The Morgan fingerprint density at radius 2 is 0.946 bits per heavy atom. The number of quaternary nitrogens is 1. The first kappa shape index (κ1) is 52.5. The first-order valence-electron chi connectivity index (χ1n) is 21.6. The third kappa shape index (κ3) is 36.2. The molecule has 0 aromatic rings. The van der Waals surface area contributed by atoms with E-state index < -0.39 is 18.1 Å². The van der Waals surface area contributed by atoms with Gasteiger partial charge in [-0.15, -0.1) is 0 Å². The normalized spacial score (nSPS) is 13.8. The Morgan fingerprint density at radius 1 is 0.536 bits per heavy atom. The van der Waals surface area contributed by atoms with Crippen molar-refractivity contribution in [2.45, 2.75) is 161 Å². The number of carboxylic acids is 1. The highest BCUT2D eigenvalue weighted by Gasteiger charge is 2.25. The lowest BCUT2D eigenvalue weighted by Gasteiger charge is -2.34. The number of hydrogen-bond donors (Lipinski definition) is 0. The molecule has 0 rings (SSSR count). The fraction of sp³-hybridized carbons (Fsp3) is 0.646. The van der Waals surface area contributed by atoms with Crippen LogP contribution in [-0.4, -0.2) is 75.5 Å². The van der Waals surface area contributed by atoms with E-state index in [0.29, 0.717) is 12.8 Å². The van der Waals surface area contributed by atoms with Gasteiger partial charge >= 0.3 is 11.9 Å². The van der Waals surface area contributed by atoms with Crippen molar-refractivity contribution < 1.29 is 38.2 Å². The largest absolute Gasteiger partial charge is 0.544 e. The molecule has 0 aliphatic heterocycles. The van der Waals surface area contributed by atoms with Gasteiger partial charge in [-0.25, -0.2) is 0 Å². The van der Waals surface area contributed by atoms with Crippen LogP contribution < -0.4 is 5.11 Å². The molecule has 0 aromatic heterocycles. The molecule has 0 aliphatic rings. The minimum Gasteiger partial charge on any atom is -0.544 e. The summed E-state index contributed by atoms with van der Waals surface area (Å²) in [5.74, 6) is -1.81. The van der Waals surface area contributed by atoms with Gasteiger partial charge in [0.1, 0.15) is 12.6 Å². The number of carbonyl (C=O) groups is 3. The molecule has 0 radical (unpaired) electrons. The third-order valence-electron chi connectivity index (χ3n) is 9.03. The zero-order valence-electron chi connectivity index (χ0n) is 36.0. The second-order valence-corrected chi connectivity index (χ2v) is 15.2. The number of esters is 2. The van der Waals surface area contributed by atoms with Crippen LogP contribution in [0.15, 0.2) is 85.1 Å². The summed E-state index contributed by atoms with van der Waals surface area (Å²) in [6.07, 6.45) is 49.0. The van der Waals surface area contributed by atoms with Crippen molar-refractivity contribution in [1.82, 2.24) is 0 Å². The van der Waals surface area contributed by atoms with E-state index >= 15 is 0 Å². The van der Waals surface area contributed by atoms with Gasteiger partial charge in [-0.05, 0) is 83.5 Å². The molecule has 0 aromatic carbocycles. The SMILES string of the molecule is CC/C=C/C/C=C/C/C=C/C/C=C/CCCCCCCCCC(=O)OCC(COCCC(C(=O)[O-])[N+](C)(C)C)OC(=O)CCCC/C=C/C/C=C/C/C=C/CC. The van der Waals surface area contributed by atoms with E-state index in [2.05, 4.69) is 98.9 Å². The van der Waals surface area contributed by atoms with Gasteiger partial charge in [-0.3, -0.25) is 9.59 Å². The van der Waals surface area contributed by atoms with Crippen molar-refractivity contribution in [3.05, 3.63) is 85.1 Å². The van der Waals surface area contributed by atoms with Crippen molar-refractivity contribution >= 4 is 17.9 Å². The van der Waals surface area contributed by atoms with Crippen molar-refractivity contribution in [3.63, 3.8) is 0 Å². The summed E-state index contributed by atoms with van der Waals surface area (Å²) >= 11 is 0. The fourth-order valence-corrected chi connectivity index (χ4v) is 5.72. The van der Waals surface area contributed by atoms with Crippen LogP contribution in [0, 0.1) is 0 Å². The maximum atomic E-state index is 12.7. The number of carboxylic acid groups (broad SMARTS) is 1. The van der Waals surface area contributed by atoms with Gasteiger partial charge < -0.3 is 28.6 Å². The Balaban J connectivity index is 4.38. The summed E-state index contributed by atoms with van der Waals surface area (Å²) < 4.78 is 17.1. The Morgan fingerprint density at radius 3 is 1.43 bits per heavy atom. The van der Waals surface area contributed by atoms with Crippen molar-refractivity contribution in [2.24, 2.45) is 0 Å². The van der Waals surface area contributed by atoms with Crippen LogP contribution in [0.2, 0.25) is 0 Å². The predicted molar refractivity (Wildman–Crippen MR) is 231 cm³/mol. The summed E-state index contributed by atoms with van der Waals surface area (Å²) in [6.45, 7) is 4.35. The van der Waals surface area contributed by atoms with Gasteiger partial charge in [0.05, 0.1) is 40.3 Å². The molecule has 0 bridgehead atoms. The van der Waals surface area contributed by atoms with Gasteiger partial charge in [0.15, 0.2) is 6.10 Å². The first-order chi connectivity index (χ1) is 27.1. The number of unbranched alkanes of at least 4 members (excludes halogenated alkanes) is 9. The molecule has 0 fully saturated rings. The number of nitrogens with zero attached hydrogens (tertiary/aromatic N) is 1. The predicted octanol–water partition coefficient (Wildman–Crippen LogP) is 10.4. The molecule has 0 amide bonds. The Hall–Kier alpha value is -3.49. The van der Waals surface area contributed by atoms with Crippen LogP contribution in [-0.2, 0) is 28.6 Å². The van der Waals surface area contributed by atoms with Crippen LogP contribution in [0.5, 0.6) is 0 Å². The van der Waals surface area contributed by atoms with Crippen LogP contribution in [0.25, 0.3) is 0 Å². The molecule has 0 N–H and O–H groups in total. The monoisotopic (exact) mass is 782 g/mol. The summed E-state index contributed by atoms with van der Waals surface area (Å²) in [4.78, 5) is 36.8. The van der Waals surface area contributed by atoms with Crippen LogP contribution in [0.4, 0.5) is 0 Å². The number of hydrogen-bond acceptors (Lipinski definition) is 7. The minimum absolute atomic E-state index is 0.0166. The first-order valence-corrected chi connectivity index (χ1v) is 21.6. The highest BCUT2D eigenvalue weighted by atomic mass is 16.6. The molecule has 2 atom stereocenters. The Labute approximate surface area is 342 Å². The van der Waals surface area contributed by atoms with Crippen LogP contribution >= 0.6 is 0 Å². The van der Waals surface area contributed by atoms with Gasteiger partial charge in [0, 0.05) is 19.3 Å². The number of ether oxygens (including phenoxy) is 3. The molecule has 318 valence electrons. The summed E-state index contributed by atoms with van der Waals surface area (Å²) in [5.41, 5.74) is 0. The molecular formula is C48H79NO7. The van der Waals surface area contributed by atoms with Gasteiger partial charge in [-0.2, -0.15) is 0 Å². The summed E-state index contributed by atoms with van der Waals surface area (Å²) in [6, 6.07) is -0.738. The zero-order valence-corrected chi connectivity index (χ0v) is 36.0. The number of allylic oxidation sites excluding steroid dienone is 14. The average Bonchev–Trinajstić information content (AvgIpc) is 3.15. The van der Waals surface area contributed by atoms with Crippen molar-refractivity contribution in [1.29, 1.82) is 0 Å². The topological polar surface area (TPSA) is 102 Å². The maximum absolute atomic E-state index is 12.7. The summed E-state index contributed by atoms with van der Waals surface area (Å²) in [7, 11) is 5.38. The quantitative estimate of drug-likeness (QED) is 0.0268. The van der Waals surface area contributed by atoms with Crippen molar-refractivity contribution in [2.75, 3.05) is 41.0 Å². The molecular weight excluding hydrogens is 703 g/mol. The van der Waals surface area contributed by atoms with Gasteiger partial charge in [0.25, 0.3) is 0 Å². The van der Waals surface area contributed by atoms with Gasteiger partial charge in [0.2, 0.25) is 0 Å². The highest BCUT2D eigenvalue weighted by molar-refractivity contribution is 5.70. The van der Waals surface area contributed by atoms with E-state index in [-0.39, 0.29) is 49.1 Å². The van der Waals surface area contributed by atoms with E-state index in [9.17, 15) is 19.5 Å². The molecule has 0 aliphatic carbocycles. The number of carbonyl (C=O) groups excluding carboxylic acids is 3. The second-order valence-electron chi connectivity index (χ2n) is 15.2. The van der Waals surface area contributed by atoms with Crippen LogP contribution in [0.1, 0.15) is 149 Å². The van der Waals surface area contributed by atoms with E-state index in [1.807, 2.05) is 0 Å². The van der Waals surface area contributed by atoms with Gasteiger partial charge in [-0.1, -0.05) is 131 Å². The Kier molecular flexibility index (Phi) is 36.0. The highest BCUT2D eigenvalue weighted by Crippen LogP contribution is 2.12. The molecule has 2 unspecified atom stereocenters. The van der Waals surface area contributed by atoms with E-state index in [0.717, 1.165) is 89.9 Å². The lowest BCUT2D eigenvalue weighted by Crippen LogP contribution is -2.55. The number of likely N-dealkylation sites (N-methyl/N-ethyl adjacent to an activating group) is 1. The van der Waals surface area contributed by atoms with E-state index in [4.69, 9.17) is 14.2 Å². The van der Waals surface area contributed by atoms with Crippen molar-refractivity contribution in [3.8, 4) is 0 Å². The molecule has 0 saturated heterocycles. The standard InChI is InChI=1S/C48H79NO7/c1-6-8-10-12-14-16-18-20-21-22-23-24-25-26-27-29-30-32-34-36-38-46(50)55-43-44(42-54-41-40-45(48(52)53)49(3,4)5)56-47(51)39-37-35-33-31-28-19-17-15-13-11-9-7-2/h8-11,14-17,20-21,23-24,28,31,44-45H,6-7,12-13,18-19,22,25-27,29-30,32-43H2,1-5H3/b10-8+,11-9+,16-14+,17-15+,21-20+,24-23+,31-28+. The fourth-order valence-electron chi connectivity index (χ4n) is 5.72. The molecule has 0 heterocycles. The van der Waals surface area contributed by atoms with E-state index in [1.54, 1.807) is 21.1 Å². The lowest BCUT2D eigenvalue weighted by atomic mass is 10.1. The molecule has 8 heteroatoms. The lowest BCUT2D eigenvalue weighted by molar-refractivity contribution is -0.889. The minimum atomic E-state index is -1.14. The third-order valence-corrected chi connectivity index (χ3v) is 9.03. The molecule has 8 nitrogen and oxygen atoms in total. The number of aliphatic carboxylic acids is 1. The second kappa shape index (κ2) is 38.4. The van der Waals surface area contributed by atoms with Crippen LogP contribution in [0.3, 0.4) is 0 Å². The molecule has 56 heavy (non-hydrogen) atoms. The number of rotatable bonds is 37. The van der Waals surface area contributed by atoms with E-state index in [1.165, 1.54) is 19.3 Å². The zero-order chi connectivity index (χ0) is 41.4. The molecule has 0 spiro atoms. The smallest absolute Gasteiger partial charge is 0.306 e. The molecule has 0 saturated carbocycles. The Bertz CT molecular complexity index is 1190. The average molecular weight is 782 g/mol. The maximum Gasteiger partial charge on any atom is 0.306 e.